The Balaban J connectivity index is 1.63. The van der Waals surface area contributed by atoms with Gasteiger partial charge >= 0.3 is 0 Å². The summed E-state index contributed by atoms with van der Waals surface area (Å²) in [7, 11) is 3.84. The van der Waals surface area contributed by atoms with E-state index in [0.29, 0.717) is 22.7 Å². The first-order valence-electron chi connectivity index (χ1n) is 8.83. The molecular formula is C19H25BrN4O. The minimum Gasteiger partial charge on any atom is -0.379 e. The molecule has 0 aliphatic heterocycles. The van der Waals surface area contributed by atoms with Crippen LogP contribution in [0.2, 0.25) is 0 Å². The van der Waals surface area contributed by atoms with E-state index in [4.69, 9.17) is 0 Å². The van der Waals surface area contributed by atoms with Crippen molar-refractivity contribution in [2.45, 2.75) is 44.7 Å². The molecule has 1 saturated carbocycles. The van der Waals surface area contributed by atoms with Crippen molar-refractivity contribution in [3.05, 3.63) is 50.9 Å². The predicted molar refractivity (Wildman–Crippen MR) is 106 cm³/mol. The van der Waals surface area contributed by atoms with Gasteiger partial charge in [0.1, 0.15) is 4.47 Å². The highest BCUT2D eigenvalue weighted by Crippen LogP contribution is 2.26. The van der Waals surface area contributed by atoms with Gasteiger partial charge in [0.25, 0.3) is 5.56 Å². The van der Waals surface area contributed by atoms with Gasteiger partial charge in [-0.25, -0.2) is 4.68 Å². The van der Waals surface area contributed by atoms with Crippen LogP contribution in [0.25, 0.3) is 0 Å². The van der Waals surface area contributed by atoms with Gasteiger partial charge in [0.2, 0.25) is 0 Å². The first-order chi connectivity index (χ1) is 12.1. The number of aryl methyl sites for hydroxylation is 1. The van der Waals surface area contributed by atoms with E-state index in [0.717, 1.165) is 0 Å². The standard InChI is InChI=1S/C19H25BrN4O/c1-23(15-6-4-3-5-7-15)16-10-8-14(9-11-16)12-21-17-13-22-24(2)19(25)18(17)20/h8-11,13,15,21H,3-7,12H2,1-2H3. The lowest BCUT2D eigenvalue weighted by molar-refractivity contribution is 0.427. The quantitative estimate of drug-likeness (QED) is 0.819. The smallest absolute Gasteiger partial charge is 0.282 e. The van der Waals surface area contributed by atoms with Crippen LogP contribution >= 0.6 is 15.9 Å². The molecule has 0 spiro atoms. The van der Waals surface area contributed by atoms with Crippen molar-refractivity contribution in [3.63, 3.8) is 0 Å². The minimum absolute atomic E-state index is 0.144. The second-order valence-corrected chi connectivity index (χ2v) is 7.52. The molecule has 0 radical (unpaired) electrons. The average Bonchev–Trinajstić information content (AvgIpc) is 2.66. The number of halogens is 1. The van der Waals surface area contributed by atoms with Crippen molar-refractivity contribution in [1.29, 1.82) is 0 Å². The molecule has 5 nitrogen and oxygen atoms in total. The van der Waals surface area contributed by atoms with Crippen molar-refractivity contribution in [2.75, 3.05) is 17.3 Å². The van der Waals surface area contributed by atoms with Crippen molar-refractivity contribution in [1.82, 2.24) is 9.78 Å². The van der Waals surface area contributed by atoms with Crippen molar-refractivity contribution in [2.24, 2.45) is 7.05 Å². The van der Waals surface area contributed by atoms with Crippen molar-refractivity contribution in [3.8, 4) is 0 Å². The topological polar surface area (TPSA) is 50.2 Å². The number of hydrogen-bond acceptors (Lipinski definition) is 4. The Labute approximate surface area is 157 Å². The zero-order chi connectivity index (χ0) is 17.8. The van der Waals surface area contributed by atoms with Gasteiger partial charge in [-0.05, 0) is 46.5 Å². The SMILES string of the molecule is CN(c1ccc(CNc2cnn(C)c(=O)c2Br)cc1)C1CCCCC1. The van der Waals surface area contributed by atoms with E-state index in [1.54, 1.807) is 13.2 Å². The van der Waals surface area contributed by atoms with Crippen LogP contribution in [-0.2, 0) is 13.6 Å². The Morgan fingerprint density at radius 3 is 2.60 bits per heavy atom. The van der Waals surface area contributed by atoms with E-state index in [-0.39, 0.29) is 5.56 Å². The molecule has 25 heavy (non-hydrogen) atoms. The zero-order valence-corrected chi connectivity index (χ0v) is 16.4. The van der Waals surface area contributed by atoms with Crippen LogP contribution in [0.1, 0.15) is 37.7 Å². The third-order valence-corrected chi connectivity index (χ3v) is 5.79. The Morgan fingerprint density at radius 2 is 1.92 bits per heavy atom. The van der Waals surface area contributed by atoms with Crippen LogP contribution < -0.4 is 15.8 Å². The molecule has 6 heteroatoms. The van der Waals surface area contributed by atoms with Crippen molar-refractivity contribution < 1.29 is 0 Å². The number of anilines is 2. The Hall–Kier alpha value is -1.82. The first-order valence-corrected chi connectivity index (χ1v) is 9.63. The maximum atomic E-state index is 11.9. The third-order valence-electron chi connectivity index (χ3n) is 5.03. The third kappa shape index (κ3) is 4.24. The fourth-order valence-electron chi connectivity index (χ4n) is 3.36. The average molecular weight is 405 g/mol. The lowest BCUT2D eigenvalue weighted by Crippen LogP contribution is -2.33. The predicted octanol–water partition coefficient (Wildman–Crippen LogP) is 3.92. The molecule has 0 bridgehead atoms. The van der Waals surface area contributed by atoms with E-state index >= 15 is 0 Å². The summed E-state index contributed by atoms with van der Waals surface area (Å²) >= 11 is 3.34. The molecular weight excluding hydrogens is 380 g/mol. The zero-order valence-electron chi connectivity index (χ0n) is 14.8. The number of benzene rings is 1. The summed E-state index contributed by atoms with van der Waals surface area (Å²) in [6.07, 6.45) is 8.32. The lowest BCUT2D eigenvalue weighted by atomic mass is 9.94. The second kappa shape index (κ2) is 8.04. The number of nitrogens with zero attached hydrogens (tertiary/aromatic N) is 3. The normalized spacial score (nSPS) is 15.2. The molecule has 3 rings (SSSR count). The fraction of sp³-hybridized carbons (Fsp3) is 0.474. The van der Waals surface area contributed by atoms with Crippen molar-refractivity contribution >= 4 is 27.3 Å². The van der Waals surface area contributed by atoms with Crippen LogP contribution in [0.3, 0.4) is 0 Å². The van der Waals surface area contributed by atoms with Gasteiger partial charge in [0.05, 0.1) is 11.9 Å². The molecule has 1 aliphatic rings. The van der Waals surface area contributed by atoms with Crippen LogP contribution in [0.5, 0.6) is 0 Å². The van der Waals surface area contributed by atoms with Crippen LogP contribution in [0.15, 0.2) is 39.7 Å². The molecule has 1 heterocycles. The van der Waals surface area contributed by atoms with E-state index in [2.05, 4.69) is 62.6 Å². The minimum atomic E-state index is -0.144. The molecule has 1 aliphatic carbocycles. The summed E-state index contributed by atoms with van der Waals surface area (Å²) in [5, 5.41) is 7.32. The first kappa shape index (κ1) is 18.0. The van der Waals surface area contributed by atoms with Gasteiger partial charge in [-0.3, -0.25) is 4.79 Å². The van der Waals surface area contributed by atoms with Gasteiger partial charge < -0.3 is 10.2 Å². The van der Waals surface area contributed by atoms with Crippen LogP contribution in [0.4, 0.5) is 11.4 Å². The van der Waals surface area contributed by atoms with E-state index in [1.165, 1.54) is 48.0 Å². The molecule has 0 unspecified atom stereocenters. The monoisotopic (exact) mass is 404 g/mol. The summed E-state index contributed by atoms with van der Waals surface area (Å²) in [4.78, 5) is 14.3. The van der Waals surface area contributed by atoms with Gasteiger partial charge in [-0.2, -0.15) is 5.10 Å². The molecule has 0 saturated heterocycles. The summed E-state index contributed by atoms with van der Waals surface area (Å²) in [6.45, 7) is 0.654. The molecule has 1 N–H and O–H groups in total. The highest BCUT2D eigenvalue weighted by atomic mass is 79.9. The molecule has 2 aromatic rings. The summed E-state index contributed by atoms with van der Waals surface area (Å²) in [5.41, 5.74) is 3.02. The summed E-state index contributed by atoms with van der Waals surface area (Å²) in [5.74, 6) is 0. The second-order valence-electron chi connectivity index (χ2n) is 6.72. The van der Waals surface area contributed by atoms with Crippen LogP contribution in [-0.4, -0.2) is 22.9 Å². The number of nitrogens with one attached hydrogen (secondary N) is 1. The fourth-order valence-corrected chi connectivity index (χ4v) is 3.86. The Bertz CT molecular complexity index is 766. The summed E-state index contributed by atoms with van der Waals surface area (Å²) < 4.78 is 1.82. The van der Waals surface area contributed by atoms with E-state index in [9.17, 15) is 4.79 Å². The van der Waals surface area contributed by atoms with Gasteiger partial charge in [0, 0.05) is 32.4 Å². The Kier molecular flexibility index (Phi) is 5.78. The lowest BCUT2D eigenvalue weighted by Gasteiger charge is -2.33. The number of rotatable bonds is 5. The molecule has 134 valence electrons. The van der Waals surface area contributed by atoms with Crippen LogP contribution in [0, 0.1) is 0 Å². The van der Waals surface area contributed by atoms with E-state index in [1.807, 2.05) is 0 Å². The van der Waals surface area contributed by atoms with E-state index < -0.39 is 0 Å². The highest BCUT2D eigenvalue weighted by molar-refractivity contribution is 9.10. The maximum absolute atomic E-state index is 11.9. The Morgan fingerprint density at radius 1 is 1.24 bits per heavy atom. The van der Waals surface area contributed by atoms with Gasteiger partial charge in [-0.15, -0.1) is 0 Å². The number of aromatic nitrogens is 2. The summed E-state index contributed by atoms with van der Waals surface area (Å²) in [6, 6.07) is 9.32. The largest absolute Gasteiger partial charge is 0.379 e. The van der Waals surface area contributed by atoms with Gasteiger partial charge in [-0.1, -0.05) is 31.4 Å². The molecule has 1 aromatic carbocycles. The molecule has 0 atom stereocenters. The molecule has 1 fully saturated rings. The maximum Gasteiger partial charge on any atom is 0.282 e. The molecule has 1 aromatic heterocycles. The number of hydrogen-bond donors (Lipinski definition) is 1. The molecule has 0 amide bonds. The highest BCUT2D eigenvalue weighted by Gasteiger charge is 2.18. The van der Waals surface area contributed by atoms with Gasteiger partial charge in [0.15, 0.2) is 0 Å².